The summed E-state index contributed by atoms with van der Waals surface area (Å²) in [5, 5.41) is 20.6. The van der Waals surface area contributed by atoms with Crippen LogP contribution in [0.5, 0.6) is 0 Å². The summed E-state index contributed by atoms with van der Waals surface area (Å²) >= 11 is 0. The van der Waals surface area contributed by atoms with Crippen molar-refractivity contribution >= 4 is 33.6 Å². The average Bonchev–Trinajstić information content (AvgIpc) is 2.38. The molecule has 0 amide bonds. The van der Waals surface area contributed by atoms with Crippen LogP contribution in [0, 0.1) is 0 Å². The topological polar surface area (TPSA) is 231 Å². The SMILES string of the molecule is CC/C=C\C/C=C\C/C=C\C/C=C\C/C=C\C/C=C\CCCCCCCCCCCCCCC(=O)OCC(O)COP(=O)(O)OCC(O)COP(=O)(O)OCC(COC(=O)CCCCCCC/C=C\CCCCCCCC)OC(=O)CCCCCCC/C=C\CCCC. The van der Waals surface area contributed by atoms with E-state index in [1.807, 2.05) is 0 Å². The lowest BCUT2D eigenvalue weighted by molar-refractivity contribution is -0.161. The van der Waals surface area contributed by atoms with Crippen LogP contribution in [0.4, 0.5) is 0 Å². The summed E-state index contributed by atoms with van der Waals surface area (Å²) in [6, 6.07) is 0. The van der Waals surface area contributed by atoms with Crippen LogP contribution in [0.3, 0.4) is 0 Å². The molecule has 0 aliphatic rings. The van der Waals surface area contributed by atoms with Gasteiger partial charge >= 0.3 is 33.6 Å². The van der Waals surface area contributed by atoms with Crippen molar-refractivity contribution < 1.29 is 75.8 Å². The molecule has 0 aromatic carbocycles. The van der Waals surface area contributed by atoms with Gasteiger partial charge in [0.25, 0.3) is 0 Å². The maximum atomic E-state index is 12.9. The van der Waals surface area contributed by atoms with Crippen LogP contribution in [0.1, 0.15) is 303 Å². The van der Waals surface area contributed by atoms with Gasteiger partial charge < -0.3 is 34.2 Å². The molecule has 0 aromatic rings. The van der Waals surface area contributed by atoms with E-state index >= 15 is 0 Å². The highest BCUT2D eigenvalue weighted by atomic mass is 31.2. The molecule has 0 saturated carbocycles. The number of rotatable bonds is 69. The molecule has 16 nitrogen and oxygen atoms in total. The van der Waals surface area contributed by atoms with Gasteiger partial charge in [-0.1, -0.05) is 266 Å². The predicted octanol–water partition coefficient (Wildman–Crippen LogP) is 20.6. The molecule has 0 bridgehead atoms. The minimum Gasteiger partial charge on any atom is -0.463 e. The number of hydrogen-bond acceptors (Lipinski definition) is 14. The molecular weight excluding hydrogens is 1220 g/mol. The first-order valence-electron chi connectivity index (χ1n) is 36.5. The summed E-state index contributed by atoms with van der Waals surface area (Å²) in [4.78, 5) is 58.3. The van der Waals surface area contributed by atoms with Gasteiger partial charge in [0.15, 0.2) is 6.10 Å². The summed E-state index contributed by atoms with van der Waals surface area (Å²) in [5.74, 6) is -1.59. The molecule has 0 rings (SSSR count). The van der Waals surface area contributed by atoms with Gasteiger partial charge in [0.1, 0.15) is 25.4 Å². The third kappa shape index (κ3) is 69.6. The second-order valence-corrected chi connectivity index (χ2v) is 27.3. The minimum atomic E-state index is -4.92. The van der Waals surface area contributed by atoms with E-state index in [-0.39, 0.29) is 19.3 Å². The monoisotopic (exact) mass is 1350 g/mol. The molecule has 0 aromatic heterocycles. The summed E-state index contributed by atoms with van der Waals surface area (Å²) in [6.45, 7) is 2.50. The Labute approximate surface area is 565 Å². The fourth-order valence-corrected chi connectivity index (χ4v) is 11.3. The van der Waals surface area contributed by atoms with Crippen LogP contribution in [-0.4, -0.2) is 95.9 Å². The fourth-order valence-electron chi connectivity index (χ4n) is 9.67. The van der Waals surface area contributed by atoms with Gasteiger partial charge in [-0.2, -0.15) is 0 Å². The zero-order chi connectivity index (χ0) is 68.1. The van der Waals surface area contributed by atoms with Gasteiger partial charge in [0.2, 0.25) is 0 Å². The zero-order valence-corrected chi connectivity index (χ0v) is 60.2. The minimum absolute atomic E-state index is 0.0941. The highest BCUT2D eigenvalue weighted by Crippen LogP contribution is 2.45. The number of phosphoric ester groups is 2. The van der Waals surface area contributed by atoms with Crippen LogP contribution in [0.15, 0.2) is 97.2 Å². The third-order valence-electron chi connectivity index (χ3n) is 15.3. The van der Waals surface area contributed by atoms with Crippen molar-refractivity contribution in [3.8, 4) is 0 Å². The largest absolute Gasteiger partial charge is 0.472 e. The molecule has 0 aliphatic heterocycles. The Balaban J connectivity index is 4.38. The summed E-state index contributed by atoms with van der Waals surface area (Å²) in [5.41, 5.74) is 0. The summed E-state index contributed by atoms with van der Waals surface area (Å²) in [6.07, 6.45) is 76.2. The van der Waals surface area contributed by atoms with E-state index in [1.54, 1.807) is 0 Å². The Hall–Kier alpha value is -3.53. The normalized spacial score (nSPS) is 14.7. The van der Waals surface area contributed by atoms with Crippen molar-refractivity contribution in [2.75, 3.05) is 39.6 Å². The molecular formula is C75H132O16P2. The Morgan fingerprint density at radius 2 is 0.581 bits per heavy atom. The van der Waals surface area contributed by atoms with Gasteiger partial charge in [0, 0.05) is 19.3 Å². The van der Waals surface area contributed by atoms with E-state index in [9.17, 15) is 43.5 Å². The Morgan fingerprint density at radius 3 is 0.946 bits per heavy atom. The quantitative estimate of drug-likeness (QED) is 0.0146. The molecule has 0 saturated heterocycles. The number of hydrogen-bond donors (Lipinski definition) is 4. The summed E-state index contributed by atoms with van der Waals surface area (Å²) < 4.78 is 60.8. The van der Waals surface area contributed by atoms with Gasteiger partial charge in [-0.3, -0.25) is 32.5 Å². The van der Waals surface area contributed by atoms with Gasteiger partial charge in [-0.15, -0.1) is 0 Å². The summed E-state index contributed by atoms with van der Waals surface area (Å²) in [7, 11) is -9.77. The number of carbonyl (C=O) groups excluding carboxylic acids is 3. The first-order chi connectivity index (χ1) is 45.2. The molecule has 4 N–H and O–H groups in total. The van der Waals surface area contributed by atoms with Crippen LogP contribution < -0.4 is 0 Å². The van der Waals surface area contributed by atoms with E-state index in [0.29, 0.717) is 19.3 Å². The van der Waals surface area contributed by atoms with Crippen molar-refractivity contribution in [2.24, 2.45) is 0 Å². The molecule has 0 spiro atoms. The number of ether oxygens (including phenoxy) is 3. The Bertz CT molecular complexity index is 2080. The lowest BCUT2D eigenvalue weighted by atomic mass is 10.0. The van der Waals surface area contributed by atoms with Gasteiger partial charge in [-0.05, 0) is 116 Å². The number of aliphatic hydroxyl groups is 2. The zero-order valence-electron chi connectivity index (χ0n) is 58.4. The molecule has 18 heteroatoms. The maximum absolute atomic E-state index is 12.9. The average molecular weight is 1350 g/mol. The second-order valence-electron chi connectivity index (χ2n) is 24.4. The molecule has 5 unspecified atom stereocenters. The Morgan fingerprint density at radius 1 is 0.312 bits per heavy atom. The lowest BCUT2D eigenvalue weighted by Crippen LogP contribution is -2.30. The fraction of sp³-hybridized carbons (Fsp3) is 0.747. The number of phosphoric acid groups is 2. The van der Waals surface area contributed by atoms with Crippen molar-refractivity contribution in [3.05, 3.63) is 97.2 Å². The van der Waals surface area contributed by atoms with E-state index in [2.05, 4.69) is 118 Å². The number of esters is 3. The molecule has 0 fully saturated rings. The van der Waals surface area contributed by atoms with Crippen LogP contribution >= 0.6 is 15.6 Å². The van der Waals surface area contributed by atoms with E-state index in [0.717, 1.165) is 141 Å². The second kappa shape index (κ2) is 68.4. The highest BCUT2D eigenvalue weighted by molar-refractivity contribution is 7.47. The number of unbranched alkanes of at least 4 members (excludes halogenated alkanes) is 30. The van der Waals surface area contributed by atoms with E-state index in [4.69, 9.17) is 32.3 Å². The van der Waals surface area contributed by atoms with Crippen molar-refractivity contribution in [2.45, 2.75) is 322 Å². The lowest BCUT2D eigenvalue weighted by Gasteiger charge is -2.21. The van der Waals surface area contributed by atoms with Crippen molar-refractivity contribution in [1.29, 1.82) is 0 Å². The number of allylic oxidation sites excluding steroid dienone is 16. The first-order valence-corrected chi connectivity index (χ1v) is 39.5. The maximum Gasteiger partial charge on any atom is 0.472 e. The van der Waals surface area contributed by atoms with Crippen molar-refractivity contribution in [3.63, 3.8) is 0 Å². The highest BCUT2D eigenvalue weighted by Gasteiger charge is 2.29. The van der Waals surface area contributed by atoms with Gasteiger partial charge in [0.05, 0.1) is 26.4 Å². The third-order valence-corrected chi connectivity index (χ3v) is 17.2. The number of aliphatic hydroxyl groups excluding tert-OH is 2. The van der Waals surface area contributed by atoms with Crippen molar-refractivity contribution in [1.82, 2.24) is 0 Å². The Kier molecular flexibility index (Phi) is 65.8. The van der Waals surface area contributed by atoms with Crippen LogP contribution in [0.25, 0.3) is 0 Å². The van der Waals surface area contributed by atoms with Crippen LogP contribution in [-0.2, 0) is 55.8 Å². The first kappa shape index (κ1) is 89.5. The predicted molar refractivity (Wildman–Crippen MR) is 381 cm³/mol. The molecule has 5 atom stereocenters. The van der Waals surface area contributed by atoms with E-state index < -0.39 is 91.5 Å². The smallest absolute Gasteiger partial charge is 0.463 e. The number of carbonyl (C=O) groups is 3. The molecule has 538 valence electrons. The molecule has 0 radical (unpaired) electrons. The van der Waals surface area contributed by atoms with Crippen LogP contribution in [0.2, 0.25) is 0 Å². The van der Waals surface area contributed by atoms with Gasteiger partial charge in [-0.25, -0.2) is 9.13 Å². The molecule has 93 heavy (non-hydrogen) atoms. The molecule has 0 aliphatic carbocycles. The van der Waals surface area contributed by atoms with E-state index in [1.165, 1.54) is 103 Å². The standard InChI is InChI=1S/C75H132O16P2/c1-4-7-10-13-16-19-22-24-26-27-28-29-30-31-32-33-34-35-36-37-38-39-40-41-43-45-47-49-52-55-58-61-73(78)85-64-70(76)65-87-92(81,82)88-66-71(77)67-89-93(83,84)90-69-72(91-75(80)63-60-57-54-51-46-21-18-15-12-9-6-3)68-86-74(79)62-59-56-53-50-48-44-42-25-23-20-17-14-11-8-5-2/h7,10,15-16,18-19,24-26,28-29,31-32,34-35,42,70-72,76-77H,4-6,8-9,11-14,17,20-23,27,30,33,36-41,43-69H2,1-3H3,(H,81,82)(H,83,84)/b10-7-,18-15-,19-16-,26-24-,29-28-,32-31-,35-34-,42-25-. The molecule has 0 heterocycles.